The van der Waals surface area contributed by atoms with E-state index in [9.17, 15) is 4.79 Å². The monoisotopic (exact) mass is 226 g/mol. The average molecular weight is 226 g/mol. The Labute approximate surface area is 93.4 Å². The van der Waals surface area contributed by atoms with Crippen molar-refractivity contribution >= 4 is 28.9 Å². The van der Waals surface area contributed by atoms with Crippen molar-refractivity contribution < 1.29 is 4.79 Å². The first-order valence-electron chi connectivity index (χ1n) is 4.78. The van der Waals surface area contributed by atoms with Crippen LogP contribution < -0.4 is 11.1 Å². The lowest BCUT2D eigenvalue weighted by molar-refractivity contribution is -0.116. The molecule has 1 aromatic rings. The van der Waals surface area contributed by atoms with Gasteiger partial charge in [-0.25, -0.2) is 0 Å². The molecule has 15 heavy (non-hydrogen) atoms. The smallest absolute Gasteiger partial charge is 0.225 e. The van der Waals surface area contributed by atoms with Gasteiger partial charge in [-0.1, -0.05) is 25.6 Å². The van der Waals surface area contributed by atoms with E-state index in [1.54, 1.807) is 0 Å². The van der Waals surface area contributed by atoms with Gasteiger partial charge in [0.2, 0.25) is 5.91 Å². The van der Waals surface area contributed by atoms with Crippen LogP contribution in [0.3, 0.4) is 0 Å². The number of H-pyrrole nitrogens is 1. The lowest BCUT2D eigenvalue weighted by Crippen LogP contribution is -2.16. The molecule has 82 valence electrons. The molecule has 0 radical (unpaired) electrons. The summed E-state index contributed by atoms with van der Waals surface area (Å²) in [4.78, 5) is 11.6. The fraction of sp³-hybridized carbons (Fsp3) is 0.444. The lowest BCUT2D eigenvalue weighted by atomic mass is 10.2. The molecular weight excluding hydrogens is 212 g/mol. The number of rotatable bonds is 5. The first-order chi connectivity index (χ1) is 7.15. The van der Waals surface area contributed by atoms with Crippen molar-refractivity contribution in [1.82, 2.24) is 10.2 Å². The Hall–Kier alpha value is -1.43. The fourth-order valence-corrected chi connectivity index (χ4v) is 1.26. The Morgan fingerprint density at radius 2 is 2.47 bits per heavy atom. The number of aromatic nitrogens is 2. The zero-order valence-corrected chi connectivity index (χ0v) is 9.36. The zero-order chi connectivity index (χ0) is 11.3. The maximum atomic E-state index is 11.4. The molecule has 1 aromatic heterocycles. The summed E-state index contributed by atoms with van der Waals surface area (Å²) in [6, 6.07) is 0. The SMILES string of the molecule is CCCCC(=O)Nc1[nH]ncc1C(N)=S. The molecule has 0 saturated carbocycles. The number of hydrogen-bond donors (Lipinski definition) is 3. The summed E-state index contributed by atoms with van der Waals surface area (Å²) in [6.07, 6.45) is 3.84. The Morgan fingerprint density at radius 3 is 3.07 bits per heavy atom. The van der Waals surface area contributed by atoms with Gasteiger partial charge in [0.25, 0.3) is 0 Å². The Balaban J connectivity index is 2.60. The van der Waals surface area contributed by atoms with Gasteiger partial charge in [0.05, 0.1) is 11.8 Å². The van der Waals surface area contributed by atoms with Gasteiger partial charge >= 0.3 is 0 Å². The van der Waals surface area contributed by atoms with E-state index in [0.29, 0.717) is 17.8 Å². The van der Waals surface area contributed by atoms with Crippen molar-refractivity contribution in [2.45, 2.75) is 26.2 Å². The number of carbonyl (C=O) groups is 1. The first kappa shape index (κ1) is 11.6. The molecule has 0 unspecified atom stereocenters. The topological polar surface area (TPSA) is 83.8 Å². The van der Waals surface area contributed by atoms with E-state index in [4.69, 9.17) is 18.0 Å². The largest absolute Gasteiger partial charge is 0.389 e. The van der Waals surface area contributed by atoms with Gasteiger partial charge < -0.3 is 11.1 Å². The van der Waals surface area contributed by atoms with Crippen LogP contribution in [0.25, 0.3) is 0 Å². The minimum Gasteiger partial charge on any atom is -0.389 e. The summed E-state index contributed by atoms with van der Waals surface area (Å²) in [5.74, 6) is 0.419. The molecule has 4 N–H and O–H groups in total. The molecule has 0 saturated heterocycles. The summed E-state index contributed by atoms with van der Waals surface area (Å²) >= 11 is 4.81. The Bertz CT molecular complexity index is 361. The molecule has 1 amide bonds. The molecular formula is C9H14N4OS. The standard InChI is InChI=1S/C9H14N4OS/c1-2-3-4-7(14)12-9-6(8(10)15)5-11-13-9/h5H,2-4H2,1H3,(H2,10,15)(H2,11,12,13,14). The minimum absolute atomic E-state index is 0.0569. The van der Waals surface area contributed by atoms with Gasteiger partial charge in [-0.15, -0.1) is 0 Å². The molecule has 6 heteroatoms. The predicted octanol–water partition coefficient (Wildman–Crippen LogP) is 1.17. The molecule has 0 atom stereocenters. The van der Waals surface area contributed by atoms with Crippen LogP contribution >= 0.6 is 12.2 Å². The fourth-order valence-electron chi connectivity index (χ4n) is 1.11. The molecule has 0 spiro atoms. The number of aromatic amines is 1. The number of nitrogens with one attached hydrogen (secondary N) is 2. The molecule has 0 aromatic carbocycles. The highest BCUT2D eigenvalue weighted by atomic mass is 32.1. The molecule has 0 bridgehead atoms. The number of carbonyl (C=O) groups excluding carboxylic acids is 1. The van der Waals surface area contributed by atoms with Crippen LogP contribution in [0.5, 0.6) is 0 Å². The minimum atomic E-state index is -0.0569. The average Bonchev–Trinajstić information content (AvgIpc) is 2.62. The van der Waals surface area contributed by atoms with Crippen LogP contribution in [0, 0.1) is 0 Å². The highest BCUT2D eigenvalue weighted by Crippen LogP contribution is 2.11. The van der Waals surface area contributed by atoms with Crippen LogP contribution in [-0.2, 0) is 4.79 Å². The third kappa shape index (κ3) is 3.32. The number of thiocarbonyl (C=S) groups is 1. The number of amides is 1. The zero-order valence-electron chi connectivity index (χ0n) is 8.54. The summed E-state index contributed by atoms with van der Waals surface area (Å²) in [6.45, 7) is 2.03. The Morgan fingerprint density at radius 1 is 1.73 bits per heavy atom. The summed E-state index contributed by atoms with van der Waals surface area (Å²) in [7, 11) is 0. The van der Waals surface area contributed by atoms with Gasteiger partial charge in [-0.3, -0.25) is 9.89 Å². The van der Waals surface area contributed by atoms with E-state index in [-0.39, 0.29) is 10.9 Å². The second kappa shape index (κ2) is 5.45. The molecule has 5 nitrogen and oxygen atoms in total. The molecule has 0 aliphatic rings. The van der Waals surface area contributed by atoms with Crippen LogP contribution in [-0.4, -0.2) is 21.1 Å². The van der Waals surface area contributed by atoms with Crippen LogP contribution in [0.4, 0.5) is 5.82 Å². The number of nitrogens with zero attached hydrogens (tertiary/aromatic N) is 1. The molecule has 0 fully saturated rings. The van der Waals surface area contributed by atoms with E-state index in [0.717, 1.165) is 12.8 Å². The second-order valence-corrected chi connectivity index (χ2v) is 3.61. The van der Waals surface area contributed by atoms with Gasteiger partial charge in [0.15, 0.2) is 0 Å². The van der Waals surface area contributed by atoms with Crippen molar-refractivity contribution in [2.75, 3.05) is 5.32 Å². The quantitative estimate of drug-likeness (QED) is 0.658. The third-order valence-corrected chi connectivity index (χ3v) is 2.15. The van der Waals surface area contributed by atoms with Crippen molar-refractivity contribution in [3.63, 3.8) is 0 Å². The highest BCUT2D eigenvalue weighted by molar-refractivity contribution is 7.80. The van der Waals surface area contributed by atoms with E-state index in [1.165, 1.54) is 6.20 Å². The van der Waals surface area contributed by atoms with E-state index in [1.807, 2.05) is 6.92 Å². The van der Waals surface area contributed by atoms with Crippen molar-refractivity contribution in [3.8, 4) is 0 Å². The Kier molecular flexibility index (Phi) is 4.23. The van der Waals surface area contributed by atoms with Crippen molar-refractivity contribution in [2.24, 2.45) is 5.73 Å². The van der Waals surface area contributed by atoms with E-state index >= 15 is 0 Å². The van der Waals surface area contributed by atoms with Gasteiger partial charge in [-0.2, -0.15) is 5.10 Å². The van der Waals surface area contributed by atoms with Crippen LogP contribution in [0.2, 0.25) is 0 Å². The number of unbranched alkanes of at least 4 members (excludes halogenated alkanes) is 1. The van der Waals surface area contributed by atoms with Gasteiger partial charge in [0.1, 0.15) is 10.8 Å². The molecule has 1 heterocycles. The maximum absolute atomic E-state index is 11.4. The second-order valence-electron chi connectivity index (χ2n) is 3.17. The van der Waals surface area contributed by atoms with Crippen LogP contribution in [0.1, 0.15) is 31.7 Å². The normalized spacial score (nSPS) is 9.93. The lowest BCUT2D eigenvalue weighted by Gasteiger charge is -2.03. The third-order valence-electron chi connectivity index (χ3n) is 1.93. The van der Waals surface area contributed by atoms with E-state index in [2.05, 4.69) is 15.5 Å². The molecule has 1 rings (SSSR count). The first-order valence-corrected chi connectivity index (χ1v) is 5.19. The summed E-state index contributed by atoms with van der Waals surface area (Å²) < 4.78 is 0. The number of nitrogens with two attached hydrogens (primary N) is 1. The highest BCUT2D eigenvalue weighted by Gasteiger charge is 2.10. The van der Waals surface area contributed by atoms with Gasteiger partial charge in [0, 0.05) is 6.42 Å². The number of anilines is 1. The van der Waals surface area contributed by atoms with Crippen molar-refractivity contribution in [1.29, 1.82) is 0 Å². The summed E-state index contributed by atoms with van der Waals surface area (Å²) in [5, 5.41) is 9.10. The number of hydrogen-bond acceptors (Lipinski definition) is 3. The van der Waals surface area contributed by atoms with E-state index < -0.39 is 0 Å². The summed E-state index contributed by atoms with van der Waals surface area (Å²) in [5.41, 5.74) is 6.02. The maximum Gasteiger partial charge on any atom is 0.225 e. The van der Waals surface area contributed by atoms with Crippen LogP contribution in [0.15, 0.2) is 6.20 Å². The van der Waals surface area contributed by atoms with Gasteiger partial charge in [-0.05, 0) is 6.42 Å². The predicted molar refractivity (Wildman–Crippen MR) is 62.6 cm³/mol. The van der Waals surface area contributed by atoms with Crippen molar-refractivity contribution in [3.05, 3.63) is 11.8 Å². The molecule has 0 aliphatic heterocycles. The molecule has 0 aliphatic carbocycles.